The Hall–Kier alpha value is -1.39. The van der Waals surface area contributed by atoms with Gasteiger partial charge in [0.1, 0.15) is 5.82 Å². The fourth-order valence-corrected chi connectivity index (χ4v) is 2.70. The molecule has 2 nitrogen and oxygen atoms in total. The van der Waals surface area contributed by atoms with Gasteiger partial charge in [0.2, 0.25) is 0 Å². The highest BCUT2D eigenvalue weighted by molar-refractivity contribution is 7.16. The Balaban J connectivity index is 2.07. The quantitative estimate of drug-likeness (QED) is 0.839. The third-order valence-corrected chi connectivity index (χ3v) is 3.68. The van der Waals surface area contributed by atoms with Crippen molar-refractivity contribution < 1.29 is 9.18 Å². The molecule has 0 saturated heterocycles. The van der Waals surface area contributed by atoms with Crippen molar-refractivity contribution in [3.63, 3.8) is 0 Å². The third kappa shape index (κ3) is 3.09. The second kappa shape index (κ2) is 5.50. The first-order valence-electron chi connectivity index (χ1n) is 5.31. The van der Waals surface area contributed by atoms with Gasteiger partial charge in [-0.1, -0.05) is 11.6 Å². The van der Waals surface area contributed by atoms with Crippen LogP contribution in [0.2, 0.25) is 4.34 Å². The highest BCUT2D eigenvalue weighted by Gasteiger charge is 2.12. The fourth-order valence-electron chi connectivity index (χ4n) is 1.56. The molecule has 0 aliphatic carbocycles. The average Bonchev–Trinajstić information content (AvgIpc) is 2.75. The Bertz CT molecular complexity index is 552. The van der Waals surface area contributed by atoms with Crippen molar-refractivity contribution in [2.24, 2.45) is 0 Å². The van der Waals surface area contributed by atoms with Crippen molar-refractivity contribution in [3.05, 3.63) is 57.0 Å². The van der Waals surface area contributed by atoms with Crippen LogP contribution in [0.15, 0.2) is 36.4 Å². The summed E-state index contributed by atoms with van der Waals surface area (Å²) >= 11 is 7.27. The lowest BCUT2D eigenvalue weighted by Crippen LogP contribution is -2.25. The van der Waals surface area contributed by atoms with E-state index >= 15 is 0 Å². The van der Waals surface area contributed by atoms with Gasteiger partial charge in [0.25, 0.3) is 5.91 Å². The van der Waals surface area contributed by atoms with E-state index < -0.39 is 0 Å². The topological polar surface area (TPSA) is 20.3 Å². The van der Waals surface area contributed by atoms with Crippen molar-refractivity contribution in [3.8, 4) is 0 Å². The van der Waals surface area contributed by atoms with Gasteiger partial charge in [-0.2, -0.15) is 0 Å². The minimum atomic E-state index is -0.348. The van der Waals surface area contributed by atoms with Crippen LogP contribution in [0.1, 0.15) is 15.2 Å². The zero-order valence-electron chi connectivity index (χ0n) is 9.69. The number of rotatable bonds is 3. The van der Waals surface area contributed by atoms with Gasteiger partial charge in [-0.25, -0.2) is 4.39 Å². The molecule has 0 unspecified atom stereocenters. The minimum absolute atomic E-state index is 0.139. The molecule has 1 aromatic carbocycles. The third-order valence-electron chi connectivity index (χ3n) is 2.46. The van der Waals surface area contributed by atoms with Crippen LogP contribution in [0.4, 0.5) is 4.39 Å². The number of carbonyl (C=O) groups excluding carboxylic acids is 1. The molecular formula is C13H11ClFNOS. The summed E-state index contributed by atoms with van der Waals surface area (Å²) < 4.78 is 13.5. The van der Waals surface area contributed by atoms with E-state index in [-0.39, 0.29) is 11.7 Å². The second-order valence-corrected chi connectivity index (χ2v) is 5.67. The second-order valence-electron chi connectivity index (χ2n) is 3.87. The molecule has 1 aromatic heterocycles. The number of amides is 1. The molecule has 18 heavy (non-hydrogen) atoms. The minimum Gasteiger partial charge on any atom is -0.337 e. The molecule has 0 aliphatic heterocycles. The molecule has 0 saturated carbocycles. The standard InChI is InChI=1S/C13H11ClFNOS/c1-16(8-11-6-7-12(14)18-11)13(17)9-2-4-10(15)5-3-9/h2-7H,8H2,1H3. The van der Waals surface area contributed by atoms with Gasteiger partial charge in [-0.05, 0) is 36.4 Å². The van der Waals surface area contributed by atoms with Crippen molar-refractivity contribution >= 4 is 28.8 Å². The Morgan fingerprint density at radius 2 is 1.94 bits per heavy atom. The van der Waals surface area contributed by atoms with E-state index in [0.29, 0.717) is 16.4 Å². The lowest BCUT2D eigenvalue weighted by atomic mass is 10.2. The van der Waals surface area contributed by atoms with E-state index in [9.17, 15) is 9.18 Å². The van der Waals surface area contributed by atoms with E-state index in [0.717, 1.165) is 4.88 Å². The fraction of sp³-hybridized carbons (Fsp3) is 0.154. The van der Waals surface area contributed by atoms with E-state index in [2.05, 4.69) is 0 Å². The molecule has 0 spiro atoms. The number of benzene rings is 1. The van der Waals surface area contributed by atoms with Crippen LogP contribution >= 0.6 is 22.9 Å². The van der Waals surface area contributed by atoms with Crippen LogP contribution in [0, 0.1) is 5.82 Å². The predicted molar refractivity (Wildman–Crippen MR) is 71.5 cm³/mol. The molecule has 0 aliphatic rings. The molecule has 0 bridgehead atoms. The Morgan fingerprint density at radius 1 is 1.28 bits per heavy atom. The normalized spacial score (nSPS) is 10.4. The van der Waals surface area contributed by atoms with Gasteiger partial charge in [0.05, 0.1) is 10.9 Å². The molecule has 5 heteroatoms. The van der Waals surface area contributed by atoms with Crippen LogP contribution in [0.3, 0.4) is 0 Å². The summed E-state index contributed by atoms with van der Waals surface area (Å²) in [4.78, 5) is 14.6. The van der Waals surface area contributed by atoms with Crippen molar-refractivity contribution in [1.29, 1.82) is 0 Å². The van der Waals surface area contributed by atoms with Crippen molar-refractivity contribution in [1.82, 2.24) is 4.90 Å². The molecule has 2 aromatic rings. The van der Waals surface area contributed by atoms with Gasteiger partial charge in [-0.3, -0.25) is 4.79 Å². The molecule has 2 rings (SSSR count). The number of nitrogens with zero attached hydrogens (tertiary/aromatic N) is 1. The van der Waals surface area contributed by atoms with Gasteiger partial charge >= 0.3 is 0 Å². The summed E-state index contributed by atoms with van der Waals surface area (Å²) in [5.74, 6) is -0.487. The van der Waals surface area contributed by atoms with E-state index in [1.54, 1.807) is 18.0 Å². The summed E-state index contributed by atoms with van der Waals surface area (Å²) in [7, 11) is 1.71. The smallest absolute Gasteiger partial charge is 0.253 e. The van der Waals surface area contributed by atoms with Crippen LogP contribution in [-0.4, -0.2) is 17.9 Å². The lowest BCUT2D eigenvalue weighted by molar-refractivity contribution is 0.0786. The summed E-state index contributed by atoms with van der Waals surface area (Å²) in [6, 6.07) is 9.22. The Kier molecular flexibility index (Phi) is 3.99. The van der Waals surface area contributed by atoms with Crippen LogP contribution in [-0.2, 0) is 6.54 Å². The first-order valence-corrected chi connectivity index (χ1v) is 6.51. The number of halogens is 2. The Morgan fingerprint density at radius 3 is 2.50 bits per heavy atom. The zero-order valence-corrected chi connectivity index (χ0v) is 11.3. The molecule has 0 fully saturated rings. The maximum atomic E-state index is 12.8. The van der Waals surface area contributed by atoms with E-state index in [1.807, 2.05) is 6.07 Å². The van der Waals surface area contributed by atoms with Crippen molar-refractivity contribution in [2.45, 2.75) is 6.54 Å². The monoisotopic (exact) mass is 283 g/mol. The van der Waals surface area contributed by atoms with E-state index in [4.69, 9.17) is 11.6 Å². The molecule has 1 heterocycles. The van der Waals surface area contributed by atoms with Gasteiger partial charge in [0, 0.05) is 17.5 Å². The summed E-state index contributed by atoms with van der Waals surface area (Å²) in [6.45, 7) is 0.494. The van der Waals surface area contributed by atoms with Crippen LogP contribution in [0.5, 0.6) is 0 Å². The first kappa shape index (κ1) is 13.1. The maximum Gasteiger partial charge on any atom is 0.253 e. The predicted octanol–water partition coefficient (Wildman–Crippen LogP) is 3.81. The summed E-state index contributed by atoms with van der Waals surface area (Å²) in [5, 5.41) is 0. The van der Waals surface area contributed by atoms with Gasteiger partial charge < -0.3 is 4.90 Å². The molecule has 0 radical (unpaired) electrons. The average molecular weight is 284 g/mol. The zero-order chi connectivity index (χ0) is 13.1. The van der Waals surface area contributed by atoms with E-state index in [1.165, 1.54) is 35.6 Å². The molecule has 1 amide bonds. The first-order chi connectivity index (χ1) is 8.56. The lowest BCUT2D eigenvalue weighted by Gasteiger charge is -2.16. The molecule has 0 atom stereocenters. The summed E-state index contributed by atoms with van der Waals surface area (Å²) in [5.41, 5.74) is 0.474. The Labute approximate surface area is 114 Å². The summed E-state index contributed by atoms with van der Waals surface area (Å²) in [6.07, 6.45) is 0. The number of hydrogen-bond donors (Lipinski definition) is 0. The van der Waals surface area contributed by atoms with Gasteiger partial charge in [0.15, 0.2) is 0 Å². The molecule has 94 valence electrons. The highest BCUT2D eigenvalue weighted by atomic mass is 35.5. The SMILES string of the molecule is CN(Cc1ccc(Cl)s1)C(=O)c1ccc(F)cc1. The largest absolute Gasteiger partial charge is 0.337 e. The molecular weight excluding hydrogens is 273 g/mol. The van der Waals surface area contributed by atoms with Crippen LogP contribution < -0.4 is 0 Å². The number of hydrogen-bond acceptors (Lipinski definition) is 2. The molecule has 0 N–H and O–H groups in total. The van der Waals surface area contributed by atoms with Gasteiger partial charge in [-0.15, -0.1) is 11.3 Å². The maximum absolute atomic E-state index is 12.8. The van der Waals surface area contributed by atoms with Crippen molar-refractivity contribution in [2.75, 3.05) is 7.05 Å². The number of thiophene rings is 1. The highest BCUT2D eigenvalue weighted by Crippen LogP contribution is 2.22. The van der Waals surface area contributed by atoms with Crippen LogP contribution in [0.25, 0.3) is 0 Å². The number of carbonyl (C=O) groups is 1.